The normalized spacial score (nSPS) is 21.2. The summed E-state index contributed by atoms with van der Waals surface area (Å²) in [4.78, 5) is 25.5. The summed E-state index contributed by atoms with van der Waals surface area (Å²) in [5.41, 5.74) is 2.06. The van der Waals surface area contributed by atoms with E-state index in [2.05, 4.69) is 19.7 Å². The van der Waals surface area contributed by atoms with Crippen LogP contribution in [0.15, 0.2) is 63.9 Å². The lowest BCUT2D eigenvalue weighted by molar-refractivity contribution is -0.271. The molecule has 0 amide bonds. The molecule has 246 valence electrons. The second-order valence-electron chi connectivity index (χ2n) is 11.7. The molecule has 0 bridgehead atoms. The SMILES string of the molecule is C=C(C)Cc1c(-c2cc(=O)c3c(O)c(CC(=C)C)c(OC4OC(C(=O)O)[C@H](O)[C@@H](O)[C@@H]4O)c(CC(=C)C)c3o2)ccc(OC)c1O. The molecule has 1 saturated heterocycles. The Balaban J connectivity index is 2.06. The number of aliphatic hydroxyl groups is 3. The van der Waals surface area contributed by atoms with Crippen molar-refractivity contribution in [1.82, 2.24) is 0 Å². The Labute approximate surface area is 264 Å². The van der Waals surface area contributed by atoms with Crippen molar-refractivity contribution in [2.75, 3.05) is 7.11 Å². The van der Waals surface area contributed by atoms with Crippen molar-refractivity contribution in [3.05, 3.63) is 81.6 Å². The number of phenols is 2. The van der Waals surface area contributed by atoms with E-state index >= 15 is 0 Å². The predicted octanol–water partition coefficient (Wildman–Crippen LogP) is 3.51. The van der Waals surface area contributed by atoms with Gasteiger partial charge in [-0.2, -0.15) is 0 Å². The van der Waals surface area contributed by atoms with Gasteiger partial charge in [0.25, 0.3) is 0 Å². The third kappa shape index (κ3) is 6.51. The van der Waals surface area contributed by atoms with Crippen LogP contribution in [0, 0.1) is 0 Å². The number of fused-ring (bicyclic) bond motifs is 1. The summed E-state index contributed by atoms with van der Waals surface area (Å²) < 4.78 is 23.0. The minimum absolute atomic E-state index is 0.0184. The number of rotatable bonds is 11. The van der Waals surface area contributed by atoms with Crippen LogP contribution in [0.25, 0.3) is 22.3 Å². The van der Waals surface area contributed by atoms with Crippen molar-refractivity contribution in [2.24, 2.45) is 0 Å². The van der Waals surface area contributed by atoms with Crippen LogP contribution < -0.4 is 14.9 Å². The Morgan fingerprint density at radius 1 is 0.870 bits per heavy atom. The summed E-state index contributed by atoms with van der Waals surface area (Å²) in [7, 11) is 1.40. The number of carboxylic acid groups (broad SMARTS) is 1. The minimum Gasteiger partial charge on any atom is -0.507 e. The highest BCUT2D eigenvalue weighted by Gasteiger charge is 2.48. The van der Waals surface area contributed by atoms with Gasteiger partial charge in [-0.05, 0) is 39.3 Å². The maximum atomic E-state index is 13.8. The molecular formula is C34H38O12. The Bertz CT molecular complexity index is 1790. The molecule has 2 heterocycles. The van der Waals surface area contributed by atoms with Crippen molar-refractivity contribution in [1.29, 1.82) is 0 Å². The minimum atomic E-state index is -1.96. The maximum absolute atomic E-state index is 13.8. The first-order valence-corrected chi connectivity index (χ1v) is 14.3. The average molecular weight is 639 g/mol. The Morgan fingerprint density at radius 2 is 1.46 bits per heavy atom. The molecule has 0 radical (unpaired) electrons. The number of aromatic hydroxyl groups is 2. The van der Waals surface area contributed by atoms with Gasteiger partial charge in [0.2, 0.25) is 6.29 Å². The Hall–Kier alpha value is -4.62. The van der Waals surface area contributed by atoms with Gasteiger partial charge in [0, 0.05) is 41.2 Å². The van der Waals surface area contributed by atoms with Crippen LogP contribution >= 0.6 is 0 Å². The average Bonchev–Trinajstić information content (AvgIpc) is 2.96. The second kappa shape index (κ2) is 13.4. The van der Waals surface area contributed by atoms with Crippen LogP contribution in [-0.2, 0) is 28.8 Å². The lowest BCUT2D eigenvalue weighted by Gasteiger charge is -2.39. The summed E-state index contributed by atoms with van der Waals surface area (Å²) >= 11 is 0. The number of carboxylic acids is 1. The number of phenolic OH excluding ortho intramolecular Hbond substituents is 2. The van der Waals surface area contributed by atoms with Crippen molar-refractivity contribution < 1.29 is 54.1 Å². The molecule has 12 nitrogen and oxygen atoms in total. The van der Waals surface area contributed by atoms with Gasteiger partial charge in [0.15, 0.2) is 23.0 Å². The molecule has 12 heteroatoms. The zero-order valence-corrected chi connectivity index (χ0v) is 26.0. The standard InChI is InChI=1S/C34H38O12/c1-14(2)10-18-17(8-9-22(43-7)25(18)36)23-13-21(35)24-26(37)19(11-15(3)4)30(20(12-16(5)6)31(24)44-23)45-34-29(40)27(38)28(39)32(46-34)33(41)42/h8-9,13,27-29,32,34,36-40H,1,3,5,10-12H2,2,4,6-7H3,(H,41,42)/t27-,28-,29+,32?,34?/m1/s1. The molecule has 2 unspecified atom stereocenters. The maximum Gasteiger partial charge on any atom is 0.335 e. The lowest BCUT2D eigenvalue weighted by Crippen LogP contribution is -2.61. The number of benzene rings is 2. The van der Waals surface area contributed by atoms with Crippen LogP contribution in [0.4, 0.5) is 0 Å². The van der Waals surface area contributed by atoms with Crippen LogP contribution in [0.2, 0.25) is 0 Å². The summed E-state index contributed by atoms with van der Waals surface area (Å²) in [5, 5.41) is 63.2. The number of carbonyl (C=O) groups is 1. The monoisotopic (exact) mass is 638 g/mol. The lowest BCUT2D eigenvalue weighted by atomic mass is 9.93. The number of aliphatic hydroxyl groups excluding tert-OH is 3. The molecule has 46 heavy (non-hydrogen) atoms. The van der Waals surface area contributed by atoms with Gasteiger partial charge in [0.1, 0.15) is 46.5 Å². The summed E-state index contributed by atoms with van der Waals surface area (Å²) in [6.07, 6.45) is -9.41. The van der Waals surface area contributed by atoms with Crippen LogP contribution in [0.3, 0.4) is 0 Å². The van der Waals surface area contributed by atoms with E-state index in [9.17, 15) is 40.2 Å². The fourth-order valence-corrected chi connectivity index (χ4v) is 5.43. The molecule has 5 atom stereocenters. The summed E-state index contributed by atoms with van der Waals surface area (Å²) in [6.45, 7) is 16.9. The predicted molar refractivity (Wildman–Crippen MR) is 168 cm³/mol. The first kappa shape index (κ1) is 34.3. The molecule has 6 N–H and O–H groups in total. The number of hydrogen-bond donors (Lipinski definition) is 6. The highest BCUT2D eigenvalue weighted by atomic mass is 16.7. The molecule has 1 aliphatic rings. The molecule has 4 rings (SSSR count). The second-order valence-corrected chi connectivity index (χ2v) is 11.7. The smallest absolute Gasteiger partial charge is 0.335 e. The largest absolute Gasteiger partial charge is 0.507 e. The molecule has 1 aromatic heterocycles. The molecule has 0 aliphatic carbocycles. The third-order valence-corrected chi connectivity index (χ3v) is 7.51. The van der Waals surface area contributed by atoms with Gasteiger partial charge in [-0.25, -0.2) is 4.79 Å². The van der Waals surface area contributed by atoms with Gasteiger partial charge >= 0.3 is 5.97 Å². The van der Waals surface area contributed by atoms with E-state index in [0.29, 0.717) is 27.8 Å². The van der Waals surface area contributed by atoms with E-state index in [1.54, 1.807) is 26.8 Å². The van der Waals surface area contributed by atoms with Crippen molar-refractivity contribution in [3.63, 3.8) is 0 Å². The molecular weight excluding hydrogens is 600 g/mol. The molecule has 2 aromatic carbocycles. The zero-order valence-electron chi connectivity index (χ0n) is 26.0. The Kier molecular flexibility index (Phi) is 9.97. The summed E-state index contributed by atoms with van der Waals surface area (Å²) in [6, 6.07) is 4.30. The van der Waals surface area contributed by atoms with Crippen molar-refractivity contribution in [3.8, 4) is 34.3 Å². The molecule has 1 fully saturated rings. The first-order valence-electron chi connectivity index (χ1n) is 14.3. The van der Waals surface area contributed by atoms with E-state index in [1.165, 1.54) is 19.2 Å². The van der Waals surface area contributed by atoms with E-state index in [0.717, 1.165) is 0 Å². The number of hydrogen-bond acceptors (Lipinski definition) is 11. The van der Waals surface area contributed by atoms with Gasteiger partial charge in [-0.3, -0.25) is 4.79 Å². The number of aliphatic carboxylic acids is 1. The molecule has 1 aliphatic heterocycles. The number of ether oxygens (including phenoxy) is 3. The zero-order chi connectivity index (χ0) is 34.2. The fourth-order valence-electron chi connectivity index (χ4n) is 5.43. The highest BCUT2D eigenvalue weighted by Crippen LogP contribution is 2.45. The van der Waals surface area contributed by atoms with E-state index in [4.69, 9.17) is 18.6 Å². The van der Waals surface area contributed by atoms with Crippen LogP contribution in [-0.4, -0.2) is 74.4 Å². The van der Waals surface area contributed by atoms with Gasteiger partial charge in [-0.15, -0.1) is 0 Å². The fraction of sp³-hybridized carbons (Fsp3) is 0.353. The van der Waals surface area contributed by atoms with Crippen molar-refractivity contribution >= 4 is 16.9 Å². The van der Waals surface area contributed by atoms with Crippen LogP contribution in [0.5, 0.6) is 23.0 Å². The van der Waals surface area contributed by atoms with Gasteiger partial charge in [-0.1, -0.05) is 36.5 Å². The van der Waals surface area contributed by atoms with Crippen LogP contribution in [0.1, 0.15) is 37.5 Å². The third-order valence-electron chi connectivity index (χ3n) is 7.51. The first-order chi connectivity index (χ1) is 21.6. The number of allylic oxidation sites excluding steroid dienone is 3. The van der Waals surface area contributed by atoms with E-state index < -0.39 is 47.9 Å². The summed E-state index contributed by atoms with van der Waals surface area (Å²) in [5.74, 6) is -2.20. The van der Waals surface area contributed by atoms with E-state index in [-0.39, 0.29) is 64.4 Å². The quantitative estimate of drug-likeness (QED) is 0.168. The van der Waals surface area contributed by atoms with Gasteiger partial charge in [0.05, 0.1) is 7.11 Å². The Morgan fingerprint density at radius 3 is 2.02 bits per heavy atom. The number of methoxy groups -OCH3 is 1. The van der Waals surface area contributed by atoms with Gasteiger partial charge < -0.3 is 49.3 Å². The topological polar surface area (TPSA) is 196 Å². The van der Waals surface area contributed by atoms with Crippen molar-refractivity contribution in [2.45, 2.75) is 70.7 Å². The molecule has 0 spiro atoms. The molecule has 3 aromatic rings. The molecule has 0 saturated carbocycles. The highest BCUT2D eigenvalue weighted by molar-refractivity contribution is 5.92. The van der Waals surface area contributed by atoms with E-state index in [1.807, 2.05) is 0 Å².